The lowest BCUT2D eigenvalue weighted by atomic mass is 9.89. The molecule has 1 fully saturated rings. The number of aromatic hydroxyl groups is 1. The zero-order chi connectivity index (χ0) is 13.1. The maximum Gasteiger partial charge on any atom is 0.251 e. The van der Waals surface area contributed by atoms with E-state index >= 15 is 0 Å². The molecule has 1 aromatic carbocycles. The van der Waals surface area contributed by atoms with Crippen LogP contribution >= 0.6 is 15.9 Å². The highest BCUT2D eigenvalue weighted by Crippen LogP contribution is 2.26. The SMILES string of the molecule is CCOC1CC(NC(=O)c2ccc(Br)c(O)c2)C1. The van der Waals surface area contributed by atoms with Crippen LogP contribution in [0.15, 0.2) is 22.7 Å². The van der Waals surface area contributed by atoms with Gasteiger partial charge in [0.25, 0.3) is 5.91 Å². The van der Waals surface area contributed by atoms with Crippen LogP contribution in [0.2, 0.25) is 0 Å². The maximum atomic E-state index is 11.9. The van der Waals surface area contributed by atoms with Gasteiger partial charge in [0.1, 0.15) is 5.75 Å². The van der Waals surface area contributed by atoms with Crippen molar-refractivity contribution in [2.75, 3.05) is 6.61 Å². The van der Waals surface area contributed by atoms with E-state index < -0.39 is 0 Å². The molecule has 0 aliphatic heterocycles. The number of carbonyl (C=O) groups excluding carboxylic acids is 1. The monoisotopic (exact) mass is 313 g/mol. The van der Waals surface area contributed by atoms with Crippen molar-refractivity contribution in [3.8, 4) is 5.75 Å². The van der Waals surface area contributed by atoms with Gasteiger partial charge in [0.2, 0.25) is 0 Å². The van der Waals surface area contributed by atoms with Crippen LogP contribution in [0.25, 0.3) is 0 Å². The molecule has 0 saturated heterocycles. The minimum absolute atomic E-state index is 0.0726. The average Bonchev–Trinajstić information content (AvgIpc) is 2.30. The Kier molecular flexibility index (Phi) is 4.24. The second-order valence-electron chi connectivity index (χ2n) is 4.39. The molecule has 1 amide bonds. The van der Waals surface area contributed by atoms with Gasteiger partial charge < -0.3 is 15.2 Å². The van der Waals surface area contributed by atoms with Gasteiger partial charge in [-0.2, -0.15) is 0 Å². The molecule has 0 unspecified atom stereocenters. The van der Waals surface area contributed by atoms with E-state index in [-0.39, 0.29) is 23.8 Å². The van der Waals surface area contributed by atoms with Gasteiger partial charge in [-0.05, 0) is 53.9 Å². The molecule has 1 aliphatic carbocycles. The zero-order valence-electron chi connectivity index (χ0n) is 10.1. The molecule has 0 spiro atoms. The van der Waals surface area contributed by atoms with Gasteiger partial charge in [0, 0.05) is 18.2 Å². The van der Waals surface area contributed by atoms with Crippen LogP contribution in [0.4, 0.5) is 0 Å². The molecule has 0 bridgehead atoms. The number of ether oxygens (including phenoxy) is 1. The van der Waals surface area contributed by atoms with Crippen molar-refractivity contribution < 1.29 is 14.6 Å². The number of benzene rings is 1. The summed E-state index contributed by atoms with van der Waals surface area (Å²) in [5.41, 5.74) is 0.468. The average molecular weight is 314 g/mol. The van der Waals surface area contributed by atoms with Crippen molar-refractivity contribution >= 4 is 21.8 Å². The quantitative estimate of drug-likeness (QED) is 0.897. The fraction of sp³-hybridized carbons (Fsp3) is 0.462. The number of halogens is 1. The first-order chi connectivity index (χ1) is 8.60. The third kappa shape index (κ3) is 3.03. The molecule has 0 heterocycles. The summed E-state index contributed by atoms with van der Waals surface area (Å²) < 4.78 is 6.02. The lowest BCUT2D eigenvalue weighted by Crippen LogP contribution is -2.47. The highest BCUT2D eigenvalue weighted by Gasteiger charge is 2.30. The van der Waals surface area contributed by atoms with Gasteiger partial charge in [-0.15, -0.1) is 0 Å². The Labute approximate surface area is 114 Å². The molecule has 0 atom stereocenters. The van der Waals surface area contributed by atoms with Crippen molar-refractivity contribution in [3.05, 3.63) is 28.2 Å². The second-order valence-corrected chi connectivity index (χ2v) is 5.24. The highest BCUT2D eigenvalue weighted by atomic mass is 79.9. The second kappa shape index (κ2) is 5.71. The van der Waals surface area contributed by atoms with E-state index in [1.165, 1.54) is 6.07 Å². The van der Waals surface area contributed by atoms with Crippen LogP contribution in [0.3, 0.4) is 0 Å². The van der Waals surface area contributed by atoms with Gasteiger partial charge in [-0.3, -0.25) is 4.79 Å². The first-order valence-corrected chi connectivity index (χ1v) is 6.80. The molecule has 5 heteroatoms. The van der Waals surface area contributed by atoms with E-state index in [9.17, 15) is 9.90 Å². The molecule has 1 aliphatic rings. The number of hydrogen-bond donors (Lipinski definition) is 2. The normalized spacial score (nSPS) is 22.3. The van der Waals surface area contributed by atoms with Gasteiger partial charge in [-0.1, -0.05) is 0 Å². The first-order valence-electron chi connectivity index (χ1n) is 6.01. The Bertz CT molecular complexity index is 444. The Morgan fingerprint density at radius 2 is 2.28 bits per heavy atom. The standard InChI is InChI=1S/C13H16BrNO3/c1-2-18-10-6-9(7-10)15-13(17)8-3-4-11(14)12(16)5-8/h3-5,9-10,16H,2,6-7H2,1H3,(H,15,17). The third-order valence-corrected chi connectivity index (χ3v) is 3.71. The van der Waals surface area contributed by atoms with Gasteiger partial charge in [0.05, 0.1) is 10.6 Å². The molecule has 0 aromatic heterocycles. The zero-order valence-corrected chi connectivity index (χ0v) is 11.7. The highest BCUT2D eigenvalue weighted by molar-refractivity contribution is 9.10. The van der Waals surface area contributed by atoms with Crippen LogP contribution in [0, 0.1) is 0 Å². The number of hydrogen-bond acceptors (Lipinski definition) is 3. The first kappa shape index (κ1) is 13.4. The number of carbonyl (C=O) groups is 1. The Morgan fingerprint density at radius 3 is 2.89 bits per heavy atom. The Hall–Kier alpha value is -1.07. The van der Waals surface area contributed by atoms with Crippen molar-refractivity contribution in [3.63, 3.8) is 0 Å². The number of phenolic OH excluding ortho intramolecular Hbond substituents is 1. The molecule has 2 rings (SSSR count). The van der Waals surface area contributed by atoms with Gasteiger partial charge in [-0.25, -0.2) is 0 Å². The van der Waals surface area contributed by atoms with E-state index in [2.05, 4.69) is 21.2 Å². The predicted molar refractivity (Wildman–Crippen MR) is 71.7 cm³/mol. The molecule has 98 valence electrons. The van der Waals surface area contributed by atoms with E-state index in [1.807, 2.05) is 6.92 Å². The predicted octanol–water partition coefficient (Wildman–Crippen LogP) is 2.45. The van der Waals surface area contributed by atoms with Crippen molar-refractivity contribution in [2.24, 2.45) is 0 Å². The largest absolute Gasteiger partial charge is 0.507 e. The van der Waals surface area contributed by atoms with Crippen molar-refractivity contribution in [2.45, 2.75) is 31.9 Å². The summed E-state index contributed by atoms with van der Waals surface area (Å²) in [6.45, 7) is 2.68. The molecular formula is C13H16BrNO3. The Balaban J connectivity index is 1.87. The fourth-order valence-electron chi connectivity index (χ4n) is 1.98. The van der Waals surface area contributed by atoms with E-state index in [1.54, 1.807) is 12.1 Å². The van der Waals surface area contributed by atoms with Gasteiger partial charge >= 0.3 is 0 Å². The van der Waals surface area contributed by atoms with Crippen LogP contribution in [0.5, 0.6) is 5.75 Å². The molecule has 2 N–H and O–H groups in total. The van der Waals surface area contributed by atoms with E-state index in [0.717, 1.165) is 12.8 Å². The molecule has 4 nitrogen and oxygen atoms in total. The molecule has 0 radical (unpaired) electrons. The number of nitrogens with one attached hydrogen (secondary N) is 1. The Morgan fingerprint density at radius 1 is 1.56 bits per heavy atom. The molecular weight excluding hydrogens is 298 g/mol. The summed E-state index contributed by atoms with van der Waals surface area (Å²) in [5, 5.41) is 12.4. The summed E-state index contributed by atoms with van der Waals surface area (Å²) in [6, 6.07) is 4.98. The third-order valence-electron chi connectivity index (χ3n) is 3.04. The van der Waals surface area contributed by atoms with E-state index in [0.29, 0.717) is 16.6 Å². The minimum atomic E-state index is -0.155. The fourth-order valence-corrected chi connectivity index (χ4v) is 2.22. The lowest BCUT2D eigenvalue weighted by molar-refractivity contribution is -0.00863. The number of rotatable bonds is 4. The molecule has 18 heavy (non-hydrogen) atoms. The van der Waals surface area contributed by atoms with Crippen molar-refractivity contribution in [1.82, 2.24) is 5.32 Å². The maximum absolute atomic E-state index is 11.9. The van der Waals surface area contributed by atoms with Gasteiger partial charge in [0.15, 0.2) is 0 Å². The topological polar surface area (TPSA) is 58.6 Å². The number of phenols is 1. The van der Waals surface area contributed by atoms with Crippen LogP contribution in [0.1, 0.15) is 30.1 Å². The van der Waals surface area contributed by atoms with Crippen molar-refractivity contribution in [1.29, 1.82) is 0 Å². The molecule has 1 aromatic rings. The number of amides is 1. The summed E-state index contributed by atoms with van der Waals surface area (Å²) >= 11 is 3.18. The van der Waals surface area contributed by atoms with Crippen LogP contribution in [-0.2, 0) is 4.74 Å². The summed E-state index contributed by atoms with van der Waals surface area (Å²) in [5.74, 6) is -0.0822. The summed E-state index contributed by atoms with van der Waals surface area (Å²) in [7, 11) is 0. The minimum Gasteiger partial charge on any atom is -0.507 e. The van der Waals surface area contributed by atoms with Crippen LogP contribution < -0.4 is 5.32 Å². The smallest absolute Gasteiger partial charge is 0.251 e. The molecule has 1 saturated carbocycles. The lowest BCUT2D eigenvalue weighted by Gasteiger charge is -2.35. The summed E-state index contributed by atoms with van der Waals surface area (Å²) in [6.07, 6.45) is 2.00. The van der Waals surface area contributed by atoms with Crippen LogP contribution in [-0.4, -0.2) is 29.8 Å². The van der Waals surface area contributed by atoms with E-state index in [4.69, 9.17) is 4.74 Å². The summed E-state index contributed by atoms with van der Waals surface area (Å²) in [4.78, 5) is 11.9.